The number of nitrogens with one attached hydrogen (secondary N) is 1. The molecule has 0 bridgehead atoms. The third-order valence-electron chi connectivity index (χ3n) is 3.42. The van der Waals surface area contributed by atoms with E-state index in [1.54, 1.807) is 12.1 Å². The first kappa shape index (κ1) is 21.5. The highest BCUT2D eigenvalue weighted by atomic mass is 35.5. The van der Waals surface area contributed by atoms with Gasteiger partial charge in [0.1, 0.15) is 5.82 Å². The first-order chi connectivity index (χ1) is 13.3. The van der Waals surface area contributed by atoms with E-state index in [9.17, 15) is 14.0 Å². The maximum atomic E-state index is 13.1. The van der Waals surface area contributed by atoms with Gasteiger partial charge in [-0.25, -0.2) is 9.18 Å². The van der Waals surface area contributed by atoms with Crippen molar-refractivity contribution in [1.29, 1.82) is 0 Å². The molecule has 0 unspecified atom stereocenters. The normalized spacial score (nSPS) is 10.6. The van der Waals surface area contributed by atoms with Crippen molar-refractivity contribution in [2.75, 3.05) is 26.1 Å². The maximum Gasteiger partial charge on any atom is 0.331 e. The Morgan fingerprint density at radius 2 is 1.86 bits per heavy atom. The van der Waals surface area contributed by atoms with E-state index in [0.717, 1.165) is 12.1 Å². The lowest BCUT2D eigenvalue weighted by Gasteiger charge is -2.10. The number of ether oxygens (including phenoxy) is 3. The first-order valence-corrected chi connectivity index (χ1v) is 8.61. The summed E-state index contributed by atoms with van der Waals surface area (Å²) >= 11 is 11.7. The number of hydrogen-bond acceptors (Lipinski definition) is 5. The summed E-state index contributed by atoms with van der Waals surface area (Å²) in [6.07, 6.45) is 2.59. The Morgan fingerprint density at radius 1 is 1.11 bits per heavy atom. The second-order valence-electron chi connectivity index (χ2n) is 5.36. The quantitative estimate of drug-likeness (QED) is 0.525. The molecule has 0 aliphatic carbocycles. The Kier molecular flexibility index (Phi) is 7.66. The molecule has 148 valence electrons. The van der Waals surface area contributed by atoms with Gasteiger partial charge in [-0.3, -0.25) is 4.79 Å². The van der Waals surface area contributed by atoms with Crippen LogP contribution in [0.25, 0.3) is 6.08 Å². The van der Waals surface area contributed by atoms with Gasteiger partial charge in [-0.2, -0.15) is 0 Å². The summed E-state index contributed by atoms with van der Waals surface area (Å²) in [5, 5.41) is 2.61. The van der Waals surface area contributed by atoms with Crippen LogP contribution in [-0.2, 0) is 14.3 Å². The number of hydrogen-bond donors (Lipinski definition) is 1. The van der Waals surface area contributed by atoms with Crippen molar-refractivity contribution in [2.45, 2.75) is 0 Å². The van der Waals surface area contributed by atoms with Gasteiger partial charge in [0, 0.05) is 11.8 Å². The molecule has 2 rings (SSSR count). The van der Waals surface area contributed by atoms with Crippen molar-refractivity contribution >= 4 is 46.8 Å². The molecule has 0 aliphatic rings. The van der Waals surface area contributed by atoms with E-state index in [1.807, 2.05) is 0 Å². The second kappa shape index (κ2) is 9.96. The minimum Gasteiger partial charge on any atom is -0.493 e. The second-order valence-corrected chi connectivity index (χ2v) is 6.17. The molecule has 0 atom stereocenters. The van der Waals surface area contributed by atoms with Crippen molar-refractivity contribution in [2.24, 2.45) is 0 Å². The third-order valence-corrected chi connectivity index (χ3v) is 3.99. The number of carbonyl (C=O) groups excluding carboxylic acids is 2. The number of benzene rings is 2. The number of carbonyl (C=O) groups is 2. The molecular formula is C19H16Cl2FNO5. The van der Waals surface area contributed by atoms with Crippen molar-refractivity contribution in [3.8, 4) is 11.5 Å². The van der Waals surface area contributed by atoms with Gasteiger partial charge in [0.15, 0.2) is 18.1 Å². The number of anilines is 1. The smallest absolute Gasteiger partial charge is 0.331 e. The van der Waals surface area contributed by atoms with E-state index < -0.39 is 24.3 Å². The van der Waals surface area contributed by atoms with Crippen LogP contribution < -0.4 is 14.8 Å². The molecule has 0 radical (unpaired) electrons. The molecule has 1 N–H and O–H groups in total. The van der Waals surface area contributed by atoms with E-state index in [4.69, 9.17) is 37.4 Å². The standard InChI is InChI=1S/C19H16Cl2FNO5/c1-26-16-8-11(7-14(21)19(16)27-2)3-6-18(25)28-10-17(24)23-12-4-5-15(22)13(20)9-12/h3-9H,10H2,1-2H3,(H,23,24)/b6-3+. The monoisotopic (exact) mass is 427 g/mol. The molecule has 0 saturated heterocycles. The summed E-state index contributed by atoms with van der Waals surface area (Å²) in [5.74, 6) is -1.16. The zero-order valence-electron chi connectivity index (χ0n) is 14.9. The molecule has 0 aromatic heterocycles. The third kappa shape index (κ3) is 5.87. The van der Waals surface area contributed by atoms with Gasteiger partial charge < -0.3 is 19.5 Å². The van der Waals surface area contributed by atoms with Crippen LogP contribution in [-0.4, -0.2) is 32.7 Å². The van der Waals surface area contributed by atoms with Crippen LogP contribution in [0.4, 0.5) is 10.1 Å². The number of rotatable bonds is 7. The maximum absolute atomic E-state index is 13.1. The molecular weight excluding hydrogens is 412 g/mol. The molecule has 0 spiro atoms. The van der Waals surface area contributed by atoms with Crippen molar-refractivity contribution in [1.82, 2.24) is 0 Å². The predicted molar refractivity (Wildman–Crippen MR) is 105 cm³/mol. The van der Waals surface area contributed by atoms with Crippen molar-refractivity contribution < 1.29 is 28.2 Å². The zero-order chi connectivity index (χ0) is 20.7. The number of halogens is 3. The van der Waals surface area contributed by atoms with Gasteiger partial charge in [-0.15, -0.1) is 0 Å². The topological polar surface area (TPSA) is 73.9 Å². The van der Waals surface area contributed by atoms with Crippen LogP contribution in [0.1, 0.15) is 5.56 Å². The number of methoxy groups -OCH3 is 2. The average molecular weight is 428 g/mol. The van der Waals surface area contributed by atoms with Crippen molar-refractivity contribution in [3.05, 3.63) is 57.8 Å². The van der Waals surface area contributed by atoms with Crippen LogP contribution in [0.15, 0.2) is 36.4 Å². The Balaban J connectivity index is 1.92. The van der Waals surface area contributed by atoms with Gasteiger partial charge in [0.05, 0.1) is 24.3 Å². The summed E-state index contributed by atoms with van der Waals surface area (Å²) < 4.78 is 28.2. The predicted octanol–water partition coefficient (Wildman–Crippen LogP) is 4.34. The highest BCUT2D eigenvalue weighted by Crippen LogP contribution is 2.36. The van der Waals surface area contributed by atoms with Crippen molar-refractivity contribution in [3.63, 3.8) is 0 Å². The zero-order valence-corrected chi connectivity index (χ0v) is 16.4. The van der Waals surface area contributed by atoms with Crippen LogP contribution >= 0.6 is 23.2 Å². The fourth-order valence-electron chi connectivity index (χ4n) is 2.15. The van der Waals surface area contributed by atoms with Crippen LogP contribution in [0.2, 0.25) is 10.0 Å². The molecule has 9 heteroatoms. The van der Waals surface area contributed by atoms with Crippen LogP contribution in [0, 0.1) is 5.82 Å². The minimum atomic E-state index is -0.738. The van der Waals surface area contributed by atoms with Gasteiger partial charge in [0.25, 0.3) is 5.91 Å². The van der Waals surface area contributed by atoms with E-state index in [0.29, 0.717) is 22.1 Å². The van der Waals surface area contributed by atoms with Crippen LogP contribution in [0.5, 0.6) is 11.5 Å². The summed E-state index contributed by atoms with van der Waals surface area (Å²) in [7, 11) is 2.92. The lowest BCUT2D eigenvalue weighted by molar-refractivity contribution is -0.142. The van der Waals surface area contributed by atoms with E-state index in [1.165, 1.54) is 32.4 Å². The molecule has 2 aromatic carbocycles. The molecule has 28 heavy (non-hydrogen) atoms. The first-order valence-electron chi connectivity index (χ1n) is 7.85. The Hall–Kier alpha value is -2.77. The summed E-state index contributed by atoms with van der Waals surface area (Å²) in [4.78, 5) is 23.6. The van der Waals surface area contributed by atoms with Gasteiger partial charge in [0.2, 0.25) is 0 Å². The number of esters is 1. The van der Waals surface area contributed by atoms with E-state index in [-0.39, 0.29) is 10.7 Å². The molecule has 0 saturated carbocycles. The van der Waals surface area contributed by atoms with Gasteiger partial charge in [-0.1, -0.05) is 23.2 Å². The highest BCUT2D eigenvalue weighted by molar-refractivity contribution is 6.32. The fraction of sp³-hybridized carbons (Fsp3) is 0.158. The summed E-state index contributed by atoms with van der Waals surface area (Å²) in [5.41, 5.74) is 0.855. The summed E-state index contributed by atoms with van der Waals surface area (Å²) in [6.45, 7) is -0.523. The molecule has 0 heterocycles. The SMILES string of the molecule is COc1cc(/C=C/C(=O)OCC(=O)Nc2ccc(F)c(Cl)c2)cc(Cl)c1OC. The molecule has 2 aromatic rings. The Morgan fingerprint density at radius 3 is 2.50 bits per heavy atom. The van der Waals surface area contributed by atoms with E-state index in [2.05, 4.69) is 5.32 Å². The Labute approximate surface area is 170 Å². The molecule has 0 aliphatic heterocycles. The molecule has 1 amide bonds. The summed E-state index contributed by atoms with van der Waals surface area (Å²) in [6, 6.07) is 6.90. The largest absolute Gasteiger partial charge is 0.493 e. The van der Waals surface area contributed by atoms with Crippen LogP contribution in [0.3, 0.4) is 0 Å². The van der Waals surface area contributed by atoms with Gasteiger partial charge in [-0.05, 0) is 42.0 Å². The molecule has 6 nitrogen and oxygen atoms in total. The van der Waals surface area contributed by atoms with Gasteiger partial charge >= 0.3 is 5.97 Å². The average Bonchev–Trinajstić information content (AvgIpc) is 2.67. The number of amides is 1. The lowest BCUT2D eigenvalue weighted by Crippen LogP contribution is -2.20. The minimum absolute atomic E-state index is 0.133. The fourth-order valence-corrected chi connectivity index (χ4v) is 2.63. The Bertz CT molecular complexity index is 917. The lowest BCUT2D eigenvalue weighted by atomic mass is 10.2. The van der Waals surface area contributed by atoms with E-state index >= 15 is 0 Å². The highest BCUT2D eigenvalue weighted by Gasteiger charge is 2.11. The molecule has 0 fully saturated rings.